The Morgan fingerprint density at radius 2 is 1.87 bits per heavy atom. The van der Waals surface area contributed by atoms with Gasteiger partial charge in [0.1, 0.15) is 5.69 Å². The summed E-state index contributed by atoms with van der Waals surface area (Å²) in [5, 5.41) is 0. The first-order valence-corrected chi connectivity index (χ1v) is 10.1. The molecule has 2 N–H and O–H groups in total. The second-order valence-electron chi connectivity index (χ2n) is 7.76. The molecule has 8 heteroatoms. The van der Waals surface area contributed by atoms with Crippen LogP contribution in [0.2, 0.25) is 0 Å². The van der Waals surface area contributed by atoms with Gasteiger partial charge in [-0.1, -0.05) is 18.2 Å². The van der Waals surface area contributed by atoms with Crippen molar-refractivity contribution >= 4 is 17.8 Å². The maximum atomic E-state index is 12.8. The molecule has 2 amide bonds. The summed E-state index contributed by atoms with van der Waals surface area (Å²) in [5.74, 6) is 0.144. The quantitative estimate of drug-likeness (QED) is 0.684. The summed E-state index contributed by atoms with van der Waals surface area (Å²) in [6.07, 6.45) is 4.23. The molecule has 2 aromatic heterocycles. The van der Waals surface area contributed by atoms with E-state index in [0.717, 1.165) is 23.2 Å². The van der Waals surface area contributed by atoms with Gasteiger partial charge in [-0.25, -0.2) is 9.97 Å². The van der Waals surface area contributed by atoms with Crippen molar-refractivity contribution in [3.8, 4) is 11.1 Å². The van der Waals surface area contributed by atoms with E-state index in [9.17, 15) is 9.59 Å². The largest absolute Gasteiger partial charge is 0.366 e. The van der Waals surface area contributed by atoms with Crippen molar-refractivity contribution in [2.45, 2.75) is 12.3 Å². The minimum Gasteiger partial charge on any atom is -0.366 e. The predicted molar refractivity (Wildman–Crippen MR) is 118 cm³/mol. The first-order chi connectivity index (χ1) is 14.9. The lowest BCUT2D eigenvalue weighted by Gasteiger charge is -2.19. The zero-order valence-corrected chi connectivity index (χ0v) is 17.5. The van der Waals surface area contributed by atoms with Crippen LogP contribution in [0.25, 0.3) is 11.1 Å². The summed E-state index contributed by atoms with van der Waals surface area (Å²) in [4.78, 5) is 41.4. The average molecular weight is 416 g/mol. The number of nitrogens with two attached hydrogens (primary N) is 1. The minimum absolute atomic E-state index is 0.0696. The molecule has 1 aromatic carbocycles. The topological polar surface area (TPSA) is 105 Å². The van der Waals surface area contributed by atoms with E-state index in [1.807, 2.05) is 42.1 Å². The number of hydrogen-bond donors (Lipinski definition) is 1. The minimum atomic E-state index is -0.467. The number of aromatic nitrogens is 3. The molecule has 4 rings (SSSR count). The van der Waals surface area contributed by atoms with Crippen molar-refractivity contribution in [3.05, 3.63) is 71.8 Å². The van der Waals surface area contributed by atoms with Gasteiger partial charge in [0.25, 0.3) is 5.91 Å². The van der Waals surface area contributed by atoms with Gasteiger partial charge in [-0.15, -0.1) is 0 Å². The third-order valence-corrected chi connectivity index (χ3v) is 5.43. The van der Waals surface area contributed by atoms with Crippen molar-refractivity contribution in [3.63, 3.8) is 0 Å². The lowest BCUT2D eigenvalue weighted by atomic mass is 9.95. The highest BCUT2D eigenvalue weighted by molar-refractivity contribution is 5.93. The third-order valence-electron chi connectivity index (χ3n) is 5.43. The maximum absolute atomic E-state index is 12.8. The Morgan fingerprint density at radius 1 is 1.10 bits per heavy atom. The van der Waals surface area contributed by atoms with Crippen molar-refractivity contribution in [2.24, 2.45) is 5.73 Å². The Kier molecular flexibility index (Phi) is 5.62. The van der Waals surface area contributed by atoms with E-state index in [1.54, 1.807) is 36.7 Å². The smallest absolute Gasteiger partial charge is 0.272 e. The molecule has 158 valence electrons. The number of anilines is 1. The van der Waals surface area contributed by atoms with Gasteiger partial charge < -0.3 is 15.5 Å². The molecule has 3 aromatic rings. The van der Waals surface area contributed by atoms with Crippen LogP contribution < -0.4 is 10.6 Å². The predicted octanol–water partition coefficient (Wildman–Crippen LogP) is 2.33. The molecule has 0 bridgehead atoms. The lowest BCUT2D eigenvalue weighted by molar-refractivity contribution is 0.0784. The fraction of sp³-hybridized carbons (Fsp3) is 0.261. The van der Waals surface area contributed by atoms with Crippen LogP contribution in [0, 0.1) is 0 Å². The molecule has 0 saturated carbocycles. The standard InChI is InChI=1S/C23H24N6O2/c1-28(2)23-26-13-18(15-6-8-16(9-7-15)21(24)30)20(27-23)17-10-12-29(14-17)22(31)19-5-3-4-11-25-19/h3-9,11,13,17H,10,12,14H2,1-2H3,(H2,24,30). The molecular weight excluding hydrogens is 392 g/mol. The zero-order chi connectivity index (χ0) is 22.0. The van der Waals surface area contributed by atoms with Crippen molar-refractivity contribution in [1.29, 1.82) is 0 Å². The summed E-state index contributed by atoms with van der Waals surface area (Å²) in [5.41, 5.74) is 8.94. The second kappa shape index (κ2) is 8.51. The number of hydrogen-bond acceptors (Lipinski definition) is 6. The zero-order valence-electron chi connectivity index (χ0n) is 17.5. The first kappa shape index (κ1) is 20.5. The summed E-state index contributed by atoms with van der Waals surface area (Å²) in [6.45, 7) is 1.20. The summed E-state index contributed by atoms with van der Waals surface area (Å²) in [6, 6.07) is 12.4. The van der Waals surface area contributed by atoms with Gasteiger partial charge >= 0.3 is 0 Å². The number of carbonyl (C=O) groups is 2. The summed E-state index contributed by atoms with van der Waals surface area (Å²) in [7, 11) is 3.79. The number of nitrogens with zero attached hydrogens (tertiary/aromatic N) is 5. The number of pyridine rings is 1. The van der Waals surface area contributed by atoms with Crippen LogP contribution in [-0.4, -0.2) is 58.9 Å². The van der Waals surface area contributed by atoms with Gasteiger partial charge in [-0.2, -0.15) is 0 Å². The molecule has 1 fully saturated rings. The Labute approximate surface area is 180 Å². The summed E-state index contributed by atoms with van der Waals surface area (Å²) < 4.78 is 0. The molecule has 3 heterocycles. The number of rotatable bonds is 5. The highest BCUT2D eigenvalue weighted by Crippen LogP contribution is 2.34. The van der Waals surface area contributed by atoms with Crippen molar-refractivity contribution < 1.29 is 9.59 Å². The molecular formula is C23H24N6O2. The van der Waals surface area contributed by atoms with Crippen LogP contribution in [0.5, 0.6) is 0 Å². The molecule has 1 atom stereocenters. The van der Waals surface area contributed by atoms with Crippen LogP contribution >= 0.6 is 0 Å². The van der Waals surface area contributed by atoms with Crippen molar-refractivity contribution in [1.82, 2.24) is 19.9 Å². The molecule has 8 nitrogen and oxygen atoms in total. The van der Waals surface area contributed by atoms with E-state index in [2.05, 4.69) is 9.97 Å². The highest BCUT2D eigenvalue weighted by Gasteiger charge is 2.31. The Bertz CT molecular complexity index is 1100. The highest BCUT2D eigenvalue weighted by atomic mass is 16.2. The van der Waals surface area contributed by atoms with E-state index in [1.165, 1.54) is 0 Å². The normalized spacial score (nSPS) is 15.7. The van der Waals surface area contributed by atoms with Crippen LogP contribution in [-0.2, 0) is 0 Å². The number of likely N-dealkylation sites (tertiary alicyclic amines) is 1. The lowest BCUT2D eigenvalue weighted by Crippen LogP contribution is -2.29. The molecule has 31 heavy (non-hydrogen) atoms. The van der Waals surface area contributed by atoms with Gasteiger partial charge in [0.15, 0.2) is 0 Å². The third kappa shape index (κ3) is 4.23. The Balaban J connectivity index is 1.66. The molecule has 0 radical (unpaired) electrons. The summed E-state index contributed by atoms with van der Waals surface area (Å²) >= 11 is 0. The SMILES string of the molecule is CN(C)c1ncc(-c2ccc(C(N)=O)cc2)c(C2CCN(C(=O)c3ccccn3)C2)n1. The molecule has 1 unspecified atom stereocenters. The van der Waals surface area contributed by atoms with Gasteiger partial charge in [-0.3, -0.25) is 14.6 Å². The first-order valence-electron chi connectivity index (χ1n) is 10.1. The number of primary amides is 1. The van der Waals surface area contributed by atoms with Gasteiger partial charge in [0.05, 0.1) is 5.69 Å². The Hall–Kier alpha value is -3.81. The number of carbonyl (C=O) groups excluding carboxylic acids is 2. The number of benzene rings is 1. The van der Waals surface area contributed by atoms with E-state index in [0.29, 0.717) is 30.3 Å². The average Bonchev–Trinajstić information content (AvgIpc) is 3.29. The fourth-order valence-corrected chi connectivity index (χ4v) is 3.77. The molecule has 0 aliphatic carbocycles. The second-order valence-corrected chi connectivity index (χ2v) is 7.76. The molecule has 0 spiro atoms. The number of amides is 2. The van der Waals surface area contributed by atoms with E-state index >= 15 is 0 Å². The van der Waals surface area contributed by atoms with E-state index < -0.39 is 5.91 Å². The fourth-order valence-electron chi connectivity index (χ4n) is 3.77. The van der Waals surface area contributed by atoms with E-state index in [-0.39, 0.29) is 11.8 Å². The monoisotopic (exact) mass is 416 g/mol. The van der Waals surface area contributed by atoms with Crippen LogP contribution in [0.15, 0.2) is 54.9 Å². The molecule has 1 saturated heterocycles. The van der Waals surface area contributed by atoms with Crippen molar-refractivity contribution in [2.75, 3.05) is 32.1 Å². The van der Waals surface area contributed by atoms with Gasteiger partial charge in [0, 0.05) is 56.6 Å². The Morgan fingerprint density at radius 3 is 2.52 bits per heavy atom. The molecule has 1 aliphatic rings. The molecule has 1 aliphatic heterocycles. The van der Waals surface area contributed by atoms with Gasteiger partial charge in [0.2, 0.25) is 11.9 Å². The van der Waals surface area contributed by atoms with Crippen LogP contribution in [0.4, 0.5) is 5.95 Å². The van der Waals surface area contributed by atoms with E-state index in [4.69, 9.17) is 10.7 Å². The van der Waals surface area contributed by atoms with Crippen LogP contribution in [0.3, 0.4) is 0 Å². The van der Waals surface area contributed by atoms with Gasteiger partial charge in [-0.05, 0) is 36.2 Å². The van der Waals surface area contributed by atoms with Crippen LogP contribution in [0.1, 0.15) is 38.9 Å². The maximum Gasteiger partial charge on any atom is 0.272 e.